The highest BCUT2D eigenvalue weighted by Crippen LogP contribution is 2.41. The number of anilines is 1. The zero-order valence-corrected chi connectivity index (χ0v) is 28.2. The Balaban J connectivity index is 1.25. The Morgan fingerprint density at radius 2 is 1.77 bits per heavy atom. The molecule has 3 saturated carbocycles. The molecular weight excluding hydrogens is 592 g/mol. The molecule has 0 saturated heterocycles. The Kier molecular flexibility index (Phi) is 10.5. The second kappa shape index (κ2) is 14.9. The maximum atomic E-state index is 14.9. The first-order chi connectivity index (χ1) is 22.9. The van der Waals surface area contributed by atoms with E-state index >= 15 is 0 Å². The molecule has 6 rings (SSSR count). The van der Waals surface area contributed by atoms with E-state index in [0.717, 1.165) is 73.1 Å². The van der Waals surface area contributed by atoms with Gasteiger partial charge in [-0.3, -0.25) is 9.48 Å². The topological polar surface area (TPSA) is 94.9 Å². The molecule has 1 N–H and O–H groups in total. The number of alkyl carbamates (subject to hydrolysis) is 1. The number of amides is 2. The third-order valence-electron chi connectivity index (χ3n) is 10.4. The van der Waals surface area contributed by atoms with E-state index in [2.05, 4.69) is 58.5 Å². The summed E-state index contributed by atoms with van der Waals surface area (Å²) in [6, 6.07) is 15.3. The number of nitrogens with one attached hydrogen (secondary N) is 1. The molecule has 3 aliphatic rings. The zero-order chi connectivity index (χ0) is 32.8. The van der Waals surface area contributed by atoms with E-state index in [1.54, 1.807) is 14.2 Å². The van der Waals surface area contributed by atoms with Crippen LogP contribution < -0.4 is 15.0 Å². The predicted molar refractivity (Wildman–Crippen MR) is 183 cm³/mol. The monoisotopic (exact) mass is 642 g/mol. The van der Waals surface area contributed by atoms with Gasteiger partial charge < -0.3 is 24.4 Å². The second-order valence-corrected chi connectivity index (χ2v) is 13.7. The molecule has 0 radical (unpaired) electrons. The van der Waals surface area contributed by atoms with Crippen molar-refractivity contribution in [1.29, 1.82) is 0 Å². The smallest absolute Gasteiger partial charge is 0.408 e. The van der Waals surface area contributed by atoms with Gasteiger partial charge in [0.25, 0.3) is 5.91 Å². The van der Waals surface area contributed by atoms with Gasteiger partial charge in [0.1, 0.15) is 5.75 Å². The van der Waals surface area contributed by atoms with E-state index in [1.807, 2.05) is 23.2 Å². The number of aromatic nitrogens is 2. The van der Waals surface area contributed by atoms with E-state index in [-0.39, 0.29) is 5.91 Å². The highest BCUT2D eigenvalue weighted by molar-refractivity contribution is 6.01. The summed E-state index contributed by atoms with van der Waals surface area (Å²) in [7, 11) is 3.31. The van der Waals surface area contributed by atoms with Gasteiger partial charge in [-0.25, -0.2) is 4.79 Å². The van der Waals surface area contributed by atoms with Gasteiger partial charge in [-0.1, -0.05) is 30.7 Å². The predicted octanol–water partition coefficient (Wildman–Crippen LogP) is 7.58. The van der Waals surface area contributed by atoms with Gasteiger partial charge in [-0.15, -0.1) is 0 Å². The molecule has 9 heteroatoms. The summed E-state index contributed by atoms with van der Waals surface area (Å²) in [5, 5.41) is 7.38. The maximum Gasteiger partial charge on any atom is 0.408 e. The van der Waals surface area contributed by atoms with Gasteiger partial charge in [0.05, 0.1) is 26.0 Å². The fourth-order valence-electron chi connectivity index (χ4n) is 7.47. The van der Waals surface area contributed by atoms with Crippen LogP contribution in [0.3, 0.4) is 0 Å². The third kappa shape index (κ3) is 7.83. The summed E-state index contributed by atoms with van der Waals surface area (Å²) >= 11 is 0. The average Bonchev–Trinajstić information content (AvgIpc) is 3.83. The average molecular weight is 643 g/mol. The lowest BCUT2D eigenvalue weighted by Crippen LogP contribution is -2.55. The molecule has 0 atom stereocenters. The summed E-state index contributed by atoms with van der Waals surface area (Å²) in [6.45, 7) is 3.40. The van der Waals surface area contributed by atoms with Crippen LogP contribution in [0.25, 0.3) is 11.1 Å². The third-order valence-corrected chi connectivity index (χ3v) is 10.4. The Morgan fingerprint density at radius 3 is 2.47 bits per heavy atom. The van der Waals surface area contributed by atoms with E-state index in [9.17, 15) is 9.59 Å². The van der Waals surface area contributed by atoms with Crippen molar-refractivity contribution in [2.45, 2.75) is 95.1 Å². The lowest BCUT2D eigenvalue weighted by atomic mass is 9.77. The van der Waals surface area contributed by atoms with Gasteiger partial charge in [-0.05, 0) is 118 Å². The van der Waals surface area contributed by atoms with Crippen molar-refractivity contribution in [3.8, 4) is 16.9 Å². The highest BCUT2D eigenvalue weighted by Gasteiger charge is 2.47. The SMILES string of the molecule is COCCNC(=O)OC1(C(=O)N(CC2CCC(c3ccc(OC)c(C)c3)CC2)c2cccc(-c3cnn(C4CC4)c3)c2)CCCCC1. The van der Waals surface area contributed by atoms with Crippen molar-refractivity contribution in [2.24, 2.45) is 5.92 Å². The van der Waals surface area contributed by atoms with Gasteiger partial charge in [0.2, 0.25) is 0 Å². The summed E-state index contributed by atoms with van der Waals surface area (Å²) in [5.74, 6) is 1.64. The quantitative estimate of drug-likeness (QED) is 0.205. The number of carbonyl (C=O) groups excluding carboxylic acids is 2. The van der Waals surface area contributed by atoms with E-state index in [1.165, 1.54) is 18.4 Å². The summed E-state index contributed by atoms with van der Waals surface area (Å²) in [4.78, 5) is 29.8. The van der Waals surface area contributed by atoms with Crippen LogP contribution in [0.4, 0.5) is 10.5 Å². The number of methoxy groups -OCH3 is 2. The van der Waals surface area contributed by atoms with Crippen molar-refractivity contribution in [3.05, 3.63) is 66.0 Å². The molecule has 3 aliphatic carbocycles. The molecule has 0 spiro atoms. The fraction of sp³-hybridized carbons (Fsp3) is 0.553. The van der Waals surface area contributed by atoms with Gasteiger partial charge in [-0.2, -0.15) is 5.10 Å². The molecule has 2 aromatic carbocycles. The second-order valence-electron chi connectivity index (χ2n) is 13.7. The number of aryl methyl sites for hydroxylation is 1. The summed E-state index contributed by atoms with van der Waals surface area (Å²) in [6.07, 6.45) is 13.8. The van der Waals surface area contributed by atoms with Gasteiger partial charge >= 0.3 is 6.09 Å². The number of hydrogen-bond donors (Lipinski definition) is 1. The lowest BCUT2D eigenvalue weighted by molar-refractivity contribution is -0.140. The Labute approximate surface area is 279 Å². The van der Waals surface area contributed by atoms with E-state index in [0.29, 0.717) is 50.4 Å². The van der Waals surface area contributed by atoms with Crippen LogP contribution >= 0.6 is 0 Å². The number of benzene rings is 2. The number of hydrogen-bond acceptors (Lipinski definition) is 6. The van der Waals surface area contributed by atoms with Crippen molar-refractivity contribution in [2.75, 3.05) is 38.8 Å². The molecule has 1 aromatic heterocycles. The standard InChI is InChI=1S/C38H50N4O5/c1-27-22-31(14-17-35(27)46-3)29-12-10-28(11-13-29)25-41(34-9-7-8-30(23-34)32-24-40-42(26-32)33-15-16-33)36(43)38(18-5-4-6-19-38)47-37(44)39-20-21-45-2/h7-9,14,17,22-24,26,28-29,33H,4-6,10-13,15-16,18-21,25H2,1-3H3,(H,39,44). The minimum atomic E-state index is -1.19. The first kappa shape index (κ1) is 33.1. The van der Waals surface area contributed by atoms with Crippen LogP contribution in [0, 0.1) is 12.8 Å². The maximum absolute atomic E-state index is 14.9. The van der Waals surface area contributed by atoms with Crippen molar-refractivity contribution in [1.82, 2.24) is 15.1 Å². The number of carbonyl (C=O) groups is 2. The zero-order valence-electron chi connectivity index (χ0n) is 28.2. The summed E-state index contributed by atoms with van der Waals surface area (Å²) in [5.41, 5.74) is 4.25. The van der Waals surface area contributed by atoms with Crippen molar-refractivity contribution in [3.63, 3.8) is 0 Å². The van der Waals surface area contributed by atoms with Crippen molar-refractivity contribution >= 4 is 17.7 Å². The minimum Gasteiger partial charge on any atom is -0.496 e. The molecule has 0 unspecified atom stereocenters. The number of nitrogens with zero attached hydrogens (tertiary/aromatic N) is 3. The first-order valence-electron chi connectivity index (χ1n) is 17.5. The molecule has 3 aromatic rings. The highest BCUT2D eigenvalue weighted by atomic mass is 16.6. The summed E-state index contributed by atoms with van der Waals surface area (Å²) < 4.78 is 18.8. The van der Waals surface area contributed by atoms with E-state index < -0.39 is 11.7 Å². The van der Waals surface area contributed by atoms with Crippen molar-refractivity contribution < 1.29 is 23.8 Å². The number of rotatable bonds is 12. The van der Waals surface area contributed by atoms with Crippen LogP contribution in [0.5, 0.6) is 5.75 Å². The molecule has 252 valence electrons. The van der Waals surface area contributed by atoms with Crippen LogP contribution in [0.15, 0.2) is 54.9 Å². The Morgan fingerprint density at radius 1 is 0.979 bits per heavy atom. The molecule has 1 heterocycles. The molecule has 9 nitrogen and oxygen atoms in total. The molecular formula is C38H50N4O5. The van der Waals surface area contributed by atoms with Crippen LogP contribution in [-0.2, 0) is 14.3 Å². The lowest BCUT2D eigenvalue weighted by Gasteiger charge is -2.41. The normalized spacial score (nSPS) is 20.7. The number of ether oxygens (including phenoxy) is 3. The molecule has 2 amide bonds. The fourth-order valence-corrected chi connectivity index (χ4v) is 7.47. The van der Waals surface area contributed by atoms with Crippen LogP contribution in [-0.4, -0.2) is 61.3 Å². The first-order valence-corrected chi connectivity index (χ1v) is 17.5. The van der Waals surface area contributed by atoms with Gasteiger partial charge in [0, 0.05) is 37.6 Å². The minimum absolute atomic E-state index is 0.113. The molecule has 3 fully saturated rings. The molecule has 47 heavy (non-hydrogen) atoms. The molecule has 0 bridgehead atoms. The van der Waals surface area contributed by atoms with Crippen LogP contribution in [0.1, 0.15) is 93.7 Å². The Hall–Kier alpha value is -3.85. The van der Waals surface area contributed by atoms with Gasteiger partial charge in [0.15, 0.2) is 5.60 Å². The largest absolute Gasteiger partial charge is 0.496 e. The van der Waals surface area contributed by atoms with Crippen LogP contribution in [0.2, 0.25) is 0 Å². The molecule has 0 aliphatic heterocycles. The van der Waals surface area contributed by atoms with E-state index in [4.69, 9.17) is 14.2 Å². The Bertz CT molecular complexity index is 1520.